The first-order chi connectivity index (χ1) is 13.3. The van der Waals surface area contributed by atoms with Gasteiger partial charge >= 0.3 is 0 Å². The normalized spacial score (nSPS) is 12.7. The monoisotopic (exact) mass is 359 g/mol. The maximum atomic E-state index is 5.68. The van der Waals surface area contributed by atoms with Gasteiger partial charge in [-0.25, -0.2) is 9.97 Å². The van der Waals surface area contributed by atoms with Gasteiger partial charge < -0.3 is 15.8 Å². The first-order valence-corrected chi connectivity index (χ1v) is 8.68. The van der Waals surface area contributed by atoms with Crippen LogP contribution in [0.1, 0.15) is 11.1 Å². The third-order valence-electron chi connectivity index (χ3n) is 4.71. The maximum Gasteiger partial charge on any atom is 0.210 e. The minimum Gasteiger partial charge on any atom is -0.493 e. The van der Waals surface area contributed by atoms with Gasteiger partial charge in [0.25, 0.3) is 0 Å². The highest BCUT2D eigenvalue weighted by Gasteiger charge is 2.16. The molecule has 1 aliphatic rings. The summed E-state index contributed by atoms with van der Waals surface area (Å²) < 4.78 is 7.48. The molecule has 4 heterocycles. The summed E-state index contributed by atoms with van der Waals surface area (Å²) in [7, 11) is 0. The van der Waals surface area contributed by atoms with Crippen molar-refractivity contribution in [2.24, 2.45) is 0 Å². The molecule has 1 aromatic carbocycles. The molecule has 1 aliphatic heterocycles. The Morgan fingerprint density at radius 2 is 2.11 bits per heavy atom. The second kappa shape index (κ2) is 6.24. The molecule has 0 saturated carbocycles. The molecule has 0 amide bonds. The molecule has 0 fully saturated rings. The summed E-state index contributed by atoms with van der Waals surface area (Å²) in [6, 6.07) is 9.79. The van der Waals surface area contributed by atoms with Gasteiger partial charge in [-0.2, -0.15) is 0 Å². The number of nitrogens with one attached hydrogen (secondary N) is 1. The molecular formula is C19H17N7O. The second-order valence-electron chi connectivity index (χ2n) is 6.34. The van der Waals surface area contributed by atoms with Crippen molar-refractivity contribution in [1.82, 2.24) is 24.6 Å². The number of ether oxygens (including phenoxy) is 1. The molecule has 0 spiro atoms. The Morgan fingerprint density at radius 3 is 3.00 bits per heavy atom. The molecule has 3 N–H and O–H groups in total. The van der Waals surface area contributed by atoms with Gasteiger partial charge in [0.15, 0.2) is 5.65 Å². The topological polar surface area (TPSA) is 103 Å². The van der Waals surface area contributed by atoms with Gasteiger partial charge in [0.05, 0.1) is 6.61 Å². The number of rotatable bonds is 4. The first kappa shape index (κ1) is 15.6. The molecule has 27 heavy (non-hydrogen) atoms. The number of hydrogen-bond donors (Lipinski definition) is 2. The van der Waals surface area contributed by atoms with Gasteiger partial charge in [0, 0.05) is 42.0 Å². The predicted molar refractivity (Wildman–Crippen MR) is 101 cm³/mol. The molecule has 4 aromatic rings. The Hall–Kier alpha value is -3.68. The lowest BCUT2D eigenvalue weighted by Gasteiger charge is -2.11. The van der Waals surface area contributed by atoms with Crippen molar-refractivity contribution >= 4 is 17.4 Å². The van der Waals surface area contributed by atoms with Crippen LogP contribution in [0.5, 0.6) is 5.75 Å². The van der Waals surface area contributed by atoms with E-state index >= 15 is 0 Å². The van der Waals surface area contributed by atoms with Crippen LogP contribution in [-0.2, 0) is 13.0 Å². The van der Waals surface area contributed by atoms with E-state index in [2.05, 4.69) is 31.5 Å². The number of anilines is 2. The van der Waals surface area contributed by atoms with Gasteiger partial charge in [0.2, 0.25) is 5.95 Å². The minimum atomic E-state index is 0.474. The van der Waals surface area contributed by atoms with Gasteiger partial charge in [-0.3, -0.25) is 4.40 Å². The second-order valence-corrected chi connectivity index (χ2v) is 6.34. The fourth-order valence-corrected chi connectivity index (χ4v) is 3.35. The average molecular weight is 359 g/mol. The summed E-state index contributed by atoms with van der Waals surface area (Å²) in [4.78, 5) is 8.71. The summed E-state index contributed by atoms with van der Waals surface area (Å²) >= 11 is 0. The molecule has 8 heteroatoms. The molecule has 0 unspecified atom stereocenters. The van der Waals surface area contributed by atoms with E-state index in [1.54, 1.807) is 24.8 Å². The Bertz CT molecular complexity index is 1120. The highest BCUT2D eigenvalue weighted by atomic mass is 16.5. The van der Waals surface area contributed by atoms with Crippen molar-refractivity contribution in [2.75, 3.05) is 17.7 Å². The number of fused-ring (bicyclic) bond motifs is 2. The zero-order valence-corrected chi connectivity index (χ0v) is 14.5. The van der Waals surface area contributed by atoms with Crippen molar-refractivity contribution in [3.63, 3.8) is 0 Å². The summed E-state index contributed by atoms with van der Waals surface area (Å²) in [6.45, 7) is 1.39. The molecular weight excluding hydrogens is 342 g/mol. The zero-order chi connectivity index (χ0) is 18.2. The quantitative estimate of drug-likeness (QED) is 0.576. The van der Waals surface area contributed by atoms with Gasteiger partial charge in [-0.15, -0.1) is 10.2 Å². The zero-order valence-electron chi connectivity index (χ0n) is 14.5. The lowest BCUT2D eigenvalue weighted by Crippen LogP contribution is -2.08. The third kappa shape index (κ3) is 2.71. The van der Waals surface area contributed by atoms with E-state index in [1.807, 2.05) is 22.6 Å². The van der Waals surface area contributed by atoms with Gasteiger partial charge in [-0.05, 0) is 23.8 Å². The molecule has 0 aliphatic carbocycles. The Kier molecular flexibility index (Phi) is 3.60. The van der Waals surface area contributed by atoms with Crippen LogP contribution in [0.3, 0.4) is 0 Å². The molecule has 5 rings (SSSR count). The fraction of sp³-hybridized carbons (Fsp3) is 0.158. The maximum absolute atomic E-state index is 5.68. The van der Waals surface area contributed by atoms with E-state index in [-0.39, 0.29) is 0 Å². The molecule has 0 saturated heterocycles. The highest BCUT2D eigenvalue weighted by Crippen LogP contribution is 2.29. The van der Waals surface area contributed by atoms with Crippen LogP contribution < -0.4 is 15.8 Å². The summed E-state index contributed by atoms with van der Waals surface area (Å²) in [5.41, 5.74) is 10.6. The van der Waals surface area contributed by atoms with Crippen LogP contribution in [0.2, 0.25) is 0 Å². The SMILES string of the molecule is Nc1ccc(-c2cnc(NCc3cccc4c3CCO4)n3cnnc23)cn1. The van der Waals surface area contributed by atoms with E-state index in [4.69, 9.17) is 10.5 Å². The van der Waals surface area contributed by atoms with Crippen molar-refractivity contribution in [3.05, 3.63) is 60.2 Å². The van der Waals surface area contributed by atoms with Crippen molar-refractivity contribution < 1.29 is 4.74 Å². The van der Waals surface area contributed by atoms with E-state index < -0.39 is 0 Å². The molecule has 134 valence electrons. The molecule has 0 bridgehead atoms. The Morgan fingerprint density at radius 1 is 1.15 bits per heavy atom. The number of nitrogens with two attached hydrogens (primary N) is 1. The number of pyridine rings is 1. The van der Waals surface area contributed by atoms with Crippen molar-refractivity contribution in [3.8, 4) is 16.9 Å². The Balaban J connectivity index is 1.47. The van der Waals surface area contributed by atoms with Crippen molar-refractivity contribution in [1.29, 1.82) is 0 Å². The lowest BCUT2D eigenvalue weighted by atomic mass is 10.1. The average Bonchev–Trinajstić information content (AvgIpc) is 3.36. The molecule has 8 nitrogen and oxygen atoms in total. The van der Waals surface area contributed by atoms with E-state index in [0.717, 1.165) is 29.9 Å². The number of aromatic nitrogens is 5. The van der Waals surface area contributed by atoms with E-state index in [0.29, 0.717) is 24.0 Å². The fourth-order valence-electron chi connectivity index (χ4n) is 3.35. The first-order valence-electron chi connectivity index (χ1n) is 8.68. The predicted octanol–water partition coefficient (Wildman–Crippen LogP) is 2.32. The van der Waals surface area contributed by atoms with Crippen LogP contribution >= 0.6 is 0 Å². The summed E-state index contributed by atoms with van der Waals surface area (Å²) in [5.74, 6) is 2.13. The van der Waals surface area contributed by atoms with Crippen LogP contribution in [0.4, 0.5) is 11.8 Å². The van der Waals surface area contributed by atoms with Crippen LogP contribution in [0, 0.1) is 0 Å². The highest BCUT2D eigenvalue weighted by molar-refractivity contribution is 5.77. The van der Waals surface area contributed by atoms with Gasteiger partial charge in [0.1, 0.15) is 17.9 Å². The largest absolute Gasteiger partial charge is 0.493 e. The third-order valence-corrected chi connectivity index (χ3v) is 4.71. The minimum absolute atomic E-state index is 0.474. The van der Waals surface area contributed by atoms with Crippen LogP contribution in [0.15, 0.2) is 49.1 Å². The molecule has 0 radical (unpaired) electrons. The van der Waals surface area contributed by atoms with Crippen molar-refractivity contribution in [2.45, 2.75) is 13.0 Å². The van der Waals surface area contributed by atoms with E-state index in [9.17, 15) is 0 Å². The summed E-state index contributed by atoms with van der Waals surface area (Å²) in [6.07, 6.45) is 6.07. The number of nitrogen functional groups attached to an aromatic ring is 1. The van der Waals surface area contributed by atoms with Crippen LogP contribution in [0.25, 0.3) is 16.8 Å². The molecule has 3 aromatic heterocycles. The van der Waals surface area contributed by atoms with Crippen LogP contribution in [-0.4, -0.2) is 31.2 Å². The smallest absolute Gasteiger partial charge is 0.210 e. The van der Waals surface area contributed by atoms with Gasteiger partial charge in [-0.1, -0.05) is 12.1 Å². The molecule has 0 atom stereocenters. The van der Waals surface area contributed by atoms with E-state index in [1.165, 1.54) is 11.1 Å². The number of hydrogen-bond acceptors (Lipinski definition) is 7. The number of benzene rings is 1. The lowest BCUT2D eigenvalue weighted by molar-refractivity contribution is 0.357. The number of nitrogens with zero attached hydrogens (tertiary/aromatic N) is 5. The standard InChI is InChI=1S/C19H17N7O/c20-17-5-4-13(8-21-17)15-10-23-19(26-11-24-25-18(15)26)22-9-12-2-1-3-16-14(12)6-7-27-16/h1-5,8,10-11H,6-7,9H2,(H2,20,21)(H,22,23). The summed E-state index contributed by atoms with van der Waals surface area (Å²) in [5, 5.41) is 11.7. The Labute approximate surface area is 155 Å².